The third-order valence-electron chi connectivity index (χ3n) is 3.36. The summed E-state index contributed by atoms with van der Waals surface area (Å²) in [5, 5.41) is 10.5. The lowest BCUT2D eigenvalue weighted by Crippen LogP contribution is -2.06. The molecule has 3 heteroatoms. The fraction of sp³-hybridized carbons (Fsp3) is 0.250. The molecular formula is C16H16ClFO. The molecule has 0 aliphatic rings. The smallest absolute Gasteiger partial charge is 0.130 e. The van der Waals surface area contributed by atoms with Crippen molar-refractivity contribution in [3.05, 3.63) is 69.5 Å². The number of benzene rings is 2. The number of hydrogen-bond acceptors (Lipinski definition) is 1. The Bertz CT molecular complexity index is 575. The molecule has 0 radical (unpaired) electrons. The van der Waals surface area contributed by atoms with Gasteiger partial charge < -0.3 is 5.11 Å². The molecule has 1 unspecified atom stereocenters. The molecule has 1 N–H and O–H groups in total. The number of aliphatic hydroxyl groups is 1. The Kier molecular flexibility index (Phi) is 4.23. The molecule has 2 aromatic rings. The molecule has 100 valence electrons. The van der Waals surface area contributed by atoms with E-state index in [-0.39, 0.29) is 5.56 Å². The van der Waals surface area contributed by atoms with Gasteiger partial charge in [-0.2, -0.15) is 0 Å². The second-order valence-electron chi connectivity index (χ2n) is 4.76. The fourth-order valence-corrected chi connectivity index (χ4v) is 2.40. The van der Waals surface area contributed by atoms with E-state index in [4.69, 9.17) is 11.6 Å². The van der Waals surface area contributed by atoms with Crippen LogP contribution in [0.5, 0.6) is 0 Å². The van der Waals surface area contributed by atoms with Crippen LogP contribution in [0.1, 0.15) is 28.4 Å². The predicted octanol–water partition coefficient (Wildman–Crippen LogP) is 4.37. The first-order chi connectivity index (χ1) is 8.99. The van der Waals surface area contributed by atoms with Crippen molar-refractivity contribution in [3.8, 4) is 0 Å². The van der Waals surface area contributed by atoms with Crippen molar-refractivity contribution in [1.29, 1.82) is 0 Å². The summed E-state index contributed by atoms with van der Waals surface area (Å²) in [7, 11) is 0. The molecule has 0 aromatic heterocycles. The van der Waals surface area contributed by atoms with Crippen LogP contribution in [0.4, 0.5) is 4.39 Å². The van der Waals surface area contributed by atoms with Gasteiger partial charge in [-0.15, -0.1) is 0 Å². The molecule has 0 amide bonds. The van der Waals surface area contributed by atoms with Crippen LogP contribution in [0.3, 0.4) is 0 Å². The van der Waals surface area contributed by atoms with Gasteiger partial charge in [-0.05, 0) is 42.7 Å². The normalized spacial score (nSPS) is 12.5. The van der Waals surface area contributed by atoms with Crippen LogP contribution in [0.25, 0.3) is 0 Å². The Morgan fingerprint density at radius 2 is 1.79 bits per heavy atom. The van der Waals surface area contributed by atoms with Gasteiger partial charge in [-0.3, -0.25) is 0 Å². The number of aliphatic hydroxyl groups excluding tert-OH is 1. The fourth-order valence-electron chi connectivity index (χ4n) is 2.25. The standard InChI is InChI=1S/C16H16ClFO/c1-10-4-3-5-11(2)14(10)9-16(19)13-7-6-12(17)8-15(13)18/h3-8,16,19H,9H2,1-2H3. The van der Waals surface area contributed by atoms with E-state index in [0.717, 1.165) is 16.7 Å². The largest absolute Gasteiger partial charge is 0.388 e. The summed E-state index contributed by atoms with van der Waals surface area (Å²) < 4.78 is 13.8. The van der Waals surface area contributed by atoms with Gasteiger partial charge >= 0.3 is 0 Å². The molecule has 1 atom stereocenters. The molecule has 19 heavy (non-hydrogen) atoms. The minimum absolute atomic E-state index is 0.284. The highest BCUT2D eigenvalue weighted by Crippen LogP contribution is 2.26. The summed E-state index contributed by atoms with van der Waals surface area (Å²) in [5.74, 6) is -0.466. The van der Waals surface area contributed by atoms with Gasteiger partial charge in [0, 0.05) is 17.0 Å². The lowest BCUT2D eigenvalue weighted by Gasteiger charge is -2.16. The highest BCUT2D eigenvalue weighted by atomic mass is 35.5. The topological polar surface area (TPSA) is 20.2 Å². The van der Waals surface area contributed by atoms with Gasteiger partial charge in [-0.1, -0.05) is 35.9 Å². The number of halogens is 2. The maximum Gasteiger partial charge on any atom is 0.130 e. The molecule has 2 aromatic carbocycles. The number of aryl methyl sites for hydroxylation is 2. The molecule has 0 aliphatic carbocycles. The Morgan fingerprint density at radius 1 is 1.16 bits per heavy atom. The molecule has 0 saturated carbocycles. The number of hydrogen-bond donors (Lipinski definition) is 1. The zero-order valence-electron chi connectivity index (χ0n) is 11.0. The maximum atomic E-state index is 13.8. The van der Waals surface area contributed by atoms with Crippen molar-refractivity contribution >= 4 is 11.6 Å². The van der Waals surface area contributed by atoms with E-state index in [1.807, 2.05) is 32.0 Å². The summed E-state index contributed by atoms with van der Waals surface area (Å²) >= 11 is 5.71. The van der Waals surface area contributed by atoms with Crippen molar-refractivity contribution < 1.29 is 9.50 Å². The minimum atomic E-state index is -0.864. The SMILES string of the molecule is Cc1cccc(C)c1CC(O)c1ccc(Cl)cc1F. The molecule has 0 fully saturated rings. The Balaban J connectivity index is 2.28. The first kappa shape index (κ1) is 14.0. The van der Waals surface area contributed by atoms with Gasteiger partial charge in [0.2, 0.25) is 0 Å². The third kappa shape index (κ3) is 3.14. The van der Waals surface area contributed by atoms with Gasteiger partial charge in [0.25, 0.3) is 0 Å². The van der Waals surface area contributed by atoms with E-state index in [1.54, 1.807) is 6.07 Å². The average Bonchev–Trinajstić information content (AvgIpc) is 2.33. The van der Waals surface area contributed by atoms with Crippen molar-refractivity contribution in [2.45, 2.75) is 26.4 Å². The summed E-state index contributed by atoms with van der Waals surface area (Å²) in [6.45, 7) is 3.99. The zero-order valence-corrected chi connectivity index (χ0v) is 11.7. The molecule has 0 aliphatic heterocycles. The van der Waals surface area contributed by atoms with Gasteiger partial charge in [0.15, 0.2) is 0 Å². The monoisotopic (exact) mass is 278 g/mol. The van der Waals surface area contributed by atoms with Crippen LogP contribution in [0.2, 0.25) is 5.02 Å². The highest BCUT2D eigenvalue weighted by molar-refractivity contribution is 6.30. The highest BCUT2D eigenvalue weighted by Gasteiger charge is 2.15. The van der Waals surface area contributed by atoms with Gasteiger partial charge in [0.05, 0.1) is 6.10 Å². The number of rotatable bonds is 3. The molecule has 0 heterocycles. The lowest BCUT2D eigenvalue weighted by atomic mass is 9.94. The van der Waals surface area contributed by atoms with E-state index in [9.17, 15) is 9.50 Å². The summed E-state index contributed by atoms with van der Waals surface area (Å²) in [6, 6.07) is 10.3. The molecular weight excluding hydrogens is 263 g/mol. The maximum absolute atomic E-state index is 13.8. The van der Waals surface area contributed by atoms with Crippen LogP contribution in [0.15, 0.2) is 36.4 Å². The quantitative estimate of drug-likeness (QED) is 0.884. The molecule has 1 nitrogen and oxygen atoms in total. The van der Waals surface area contributed by atoms with E-state index in [0.29, 0.717) is 11.4 Å². The van der Waals surface area contributed by atoms with Crippen molar-refractivity contribution in [3.63, 3.8) is 0 Å². The average molecular weight is 279 g/mol. The van der Waals surface area contributed by atoms with E-state index < -0.39 is 11.9 Å². The van der Waals surface area contributed by atoms with Crippen LogP contribution in [0, 0.1) is 19.7 Å². The second-order valence-corrected chi connectivity index (χ2v) is 5.19. The van der Waals surface area contributed by atoms with E-state index >= 15 is 0 Å². The Hall–Kier alpha value is -1.38. The minimum Gasteiger partial charge on any atom is -0.388 e. The summed E-state index contributed by atoms with van der Waals surface area (Å²) in [5.41, 5.74) is 3.55. The first-order valence-corrected chi connectivity index (χ1v) is 6.55. The van der Waals surface area contributed by atoms with Crippen molar-refractivity contribution in [2.75, 3.05) is 0 Å². The van der Waals surface area contributed by atoms with Crippen molar-refractivity contribution in [1.82, 2.24) is 0 Å². The van der Waals surface area contributed by atoms with Crippen LogP contribution in [-0.2, 0) is 6.42 Å². The third-order valence-corrected chi connectivity index (χ3v) is 3.60. The van der Waals surface area contributed by atoms with Crippen LogP contribution in [-0.4, -0.2) is 5.11 Å². The van der Waals surface area contributed by atoms with E-state index in [1.165, 1.54) is 12.1 Å². The van der Waals surface area contributed by atoms with Gasteiger partial charge in [-0.25, -0.2) is 4.39 Å². The predicted molar refractivity (Wildman–Crippen MR) is 76.0 cm³/mol. The summed E-state index contributed by atoms with van der Waals surface area (Å²) in [4.78, 5) is 0. The summed E-state index contributed by atoms with van der Waals surface area (Å²) in [6.07, 6.45) is -0.464. The second kappa shape index (κ2) is 5.72. The first-order valence-electron chi connectivity index (χ1n) is 6.17. The lowest BCUT2D eigenvalue weighted by molar-refractivity contribution is 0.173. The molecule has 0 bridgehead atoms. The molecule has 0 saturated heterocycles. The van der Waals surface area contributed by atoms with E-state index in [2.05, 4.69) is 0 Å². The Labute approximate surface area is 117 Å². The molecule has 2 rings (SSSR count). The van der Waals surface area contributed by atoms with Crippen LogP contribution < -0.4 is 0 Å². The van der Waals surface area contributed by atoms with Gasteiger partial charge in [0.1, 0.15) is 5.82 Å². The van der Waals surface area contributed by atoms with Crippen molar-refractivity contribution in [2.24, 2.45) is 0 Å². The molecule has 0 spiro atoms. The van der Waals surface area contributed by atoms with Crippen LogP contribution >= 0.6 is 11.6 Å². The Morgan fingerprint density at radius 3 is 2.37 bits per heavy atom. The zero-order chi connectivity index (χ0) is 14.0.